The van der Waals surface area contributed by atoms with Gasteiger partial charge in [0.15, 0.2) is 0 Å². The van der Waals surface area contributed by atoms with Crippen LogP contribution >= 0.6 is 12.2 Å². The average molecular weight is 299 g/mol. The normalized spacial score (nSPS) is 10.0. The Morgan fingerprint density at radius 2 is 1.86 bits per heavy atom. The third kappa shape index (κ3) is 4.03. The van der Waals surface area contributed by atoms with Crippen LogP contribution in [0.3, 0.4) is 0 Å². The van der Waals surface area contributed by atoms with Crippen molar-refractivity contribution in [2.75, 3.05) is 10.6 Å². The van der Waals surface area contributed by atoms with Crippen LogP contribution in [0.5, 0.6) is 0 Å². The van der Waals surface area contributed by atoms with Gasteiger partial charge >= 0.3 is 0 Å². The molecule has 0 saturated heterocycles. The lowest BCUT2D eigenvalue weighted by Crippen LogP contribution is -2.12. The standard InChI is InChI=1S/C16H17N3OS/c1-10-6-7-14(16(17)21)15(8-10)19-13-5-3-4-12(9-13)18-11(2)20/h3-9,19H,1-2H3,(H2,17,21)(H,18,20). The Kier molecular flexibility index (Phi) is 4.55. The number of thiocarbonyl (C=S) groups is 1. The Morgan fingerprint density at radius 3 is 2.52 bits per heavy atom. The van der Waals surface area contributed by atoms with Crippen molar-refractivity contribution in [3.8, 4) is 0 Å². The van der Waals surface area contributed by atoms with Crippen molar-refractivity contribution in [3.05, 3.63) is 53.6 Å². The molecule has 5 heteroatoms. The fourth-order valence-corrected chi connectivity index (χ4v) is 2.19. The summed E-state index contributed by atoms with van der Waals surface area (Å²) >= 11 is 5.07. The van der Waals surface area contributed by atoms with Crippen LogP contribution in [-0.4, -0.2) is 10.9 Å². The zero-order chi connectivity index (χ0) is 15.4. The largest absolute Gasteiger partial charge is 0.389 e. The molecule has 0 aliphatic rings. The van der Waals surface area contributed by atoms with Crippen LogP contribution in [0.15, 0.2) is 42.5 Å². The number of rotatable bonds is 4. The van der Waals surface area contributed by atoms with Gasteiger partial charge < -0.3 is 16.4 Å². The highest BCUT2D eigenvalue weighted by atomic mass is 32.1. The number of anilines is 3. The molecule has 1 amide bonds. The molecule has 0 radical (unpaired) electrons. The minimum Gasteiger partial charge on any atom is -0.389 e. The number of hydrogen-bond donors (Lipinski definition) is 3. The van der Waals surface area contributed by atoms with E-state index in [-0.39, 0.29) is 5.91 Å². The lowest BCUT2D eigenvalue weighted by Gasteiger charge is -2.13. The molecule has 108 valence electrons. The second kappa shape index (κ2) is 6.37. The van der Waals surface area contributed by atoms with E-state index < -0.39 is 0 Å². The van der Waals surface area contributed by atoms with E-state index in [1.165, 1.54) is 6.92 Å². The Morgan fingerprint density at radius 1 is 1.14 bits per heavy atom. The number of nitrogens with two attached hydrogens (primary N) is 1. The number of hydrogen-bond acceptors (Lipinski definition) is 3. The molecule has 0 spiro atoms. The number of benzene rings is 2. The Bertz CT molecular complexity index is 698. The van der Waals surface area contributed by atoms with Gasteiger partial charge in [-0.1, -0.05) is 24.4 Å². The third-order valence-corrected chi connectivity index (χ3v) is 3.12. The molecule has 2 aromatic carbocycles. The summed E-state index contributed by atoms with van der Waals surface area (Å²) in [4.78, 5) is 11.4. The smallest absolute Gasteiger partial charge is 0.221 e. The van der Waals surface area contributed by atoms with Crippen molar-refractivity contribution in [1.82, 2.24) is 0 Å². The van der Waals surface area contributed by atoms with Crippen LogP contribution in [-0.2, 0) is 4.79 Å². The van der Waals surface area contributed by atoms with Gasteiger partial charge in [-0.25, -0.2) is 0 Å². The molecule has 0 fully saturated rings. The predicted molar refractivity (Wildman–Crippen MR) is 91.1 cm³/mol. The highest BCUT2D eigenvalue weighted by Gasteiger charge is 2.06. The van der Waals surface area contributed by atoms with Crippen LogP contribution in [0.4, 0.5) is 17.1 Å². The minimum atomic E-state index is -0.105. The molecule has 0 saturated carbocycles. The second-order valence-corrected chi connectivity index (χ2v) is 5.24. The fraction of sp³-hybridized carbons (Fsp3) is 0.125. The summed E-state index contributed by atoms with van der Waals surface area (Å²) < 4.78 is 0. The van der Waals surface area contributed by atoms with Crippen molar-refractivity contribution in [3.63, 3.8) is 0 Å². The molecule has 0 aromatic heterocycles. The molecular weight excluding hydrogens is 282 g/mol. The maximum Gasteiger partial charge on any atom is 0.221 e. The van der Waals surface area contributed by atoms with Gasteiger partial charge in [-0.05, 0) is 42.8 Å². The van der Waals surface area contributed by atoms with Crippen molar-refractivity contribution in [2.45, 2.75) is 13.8 Å². The molecule has 4 N–H and O–H groups in total. The van der Waals surface area contributed by atoms with Crippen LogP contribution in [0, 0.1) is 6.92 Å². The first kappa shape index (κ1) is 15.0. The highest BCUT2D eigenvalue weighted by molar-refractivity contribution is 7.80. The Hall–Kier alpha value is -2.40. The highest BCUT2D eigenvalue weighted by Crippen LogP contribution is 2.24. The third-order valence-electron chi connectivity index (χ3n) is 2.90. The van der Waals surface area contributed by atoms with Gasteiger partial charge in [0.05, 0.1) is 0 Å². The zero-order valence-corrected chi connectivity index (χ0v) is 12.8. The number of nitrogens with one attached hydrogen (secondary N) is 2. The summed E-state index contributed by atoms with van der Waals surface area (Å²) in [6, 6.07) is 13.3. The maximum absolute atomic E-state index is 11.1. The number of carbonyl (C=O) groups excluding carboxylic acids is 1. The molecule has 21 heavy (non-hydrogen) atoms. The summed E-state index contributed by atoms with van der Waals surface area (Å²) in [5.74, 6) is -0.105. The topological polar surface area (TPSA) is 67.2 Å². The van der Waals surface area contributed by atoms with E-state index in [2.05, 4.69) is 10.6 Å². The van der Waals surface area contributed by atoms with Gasteiger partial charge in [-0.2, -0.15) is 0 Å². The van der Waals surface area contributed by atoms with Gasteiger partial charge in [-0.15, -0.1) is 0 Å². The minimum absolute atomic E-state index is 0.105. The van der Waals surface area contributed by atoms with E-state index >= 15 is 0 Å². The maximum atomic E-state index is 11.1. The van der Waals surface area contributed by atoms with E-state index in [4.69, 9.17) is 18.0 Å². The molecule has 0 atom stereocenters. The summed E-state index contributed by atoms with van der Waals surface area (Å²) in [5.41, 5.74) is 10.1. The average Bonchev–Trinajstić information content (AvgIpc) is 2.38. The monoisotopic (exact) mass is 299 g/mol. The van der Waals surface area contributed by atoms with Gasteiger partial charge in [-0.3, -0.25) is 4.79 Å². The summed E-state index contributed by atoms with van der Waals surface area (Å²) in [5, 5.41) is 6.04. The van der Waals surface area contributed by atoms with E-state index in [0.29, 0.717) is 4.99 Å². The Labute approximate surface area is 129 Å². The first-order valence-corrected chi connectivity index (χ1v) is 6.91. The molecule has 2 aromatic rings. The van der Waals surface area contributed by atoms with E-state index in [9.17, 15) is 4.79 Å². The van der Waals surface area contributed by atoms with Crippen LogP contribution in [0.2, 0.25) is 0 Å². The van der Waals surface area contributed by atoms with E-state index in [1.807, 2.05) is 49.4 Å². The SMILES string of the molecule is CC(=O)Nc1cccc(Nc2cc(C)ccc2C(N)=S)c1. The molecule has 2 rings (SSSR count). The number of aryl methyl sites for hydroxylation is 1. The molecule has 0 heterocycles. The molecule has 0 aliphatic carbocycles. The fourth-order valence-electron chi connectivity index (χ4n) is 2.01. The summed E-state index contributed by atoms with van der Waals surface area (Å²) in [7, 11) is 0. The van der Waals surface area contributed by atoms with Gasteiger partial charge in [0, 0.05) is 29.5 Å². The van der Waals surface area contributed by atoms with Crippen molar-refractivity contribution in [1.29, 1.82) is 0 Å². The quantitative estimate of drug-likeness (QED) is 0.758. The zero-order valence-electron chi connectivity index (χ0n) is 11.9. The summed E-state index contributed by atoms with van der Waals surface area (Å²) in [6.07, 6.45) is 0. The van der Waals surface area contributed by atoms with Crippen molar-refractivity contribution >= 4 is 40.2 Å². The molecule has 0 aliphatic heterocycles. The van der Waals surface area contributed by atoms with Crippen LogP contribution in [0.1, 0.15) is 18.1 Å². The molecule has 4 nitrogen and oxygen atoms in total. The summed E-state index contributed by atoms with van der Waals surface area (Å²) in [6.45, 7) is 3.48. The predicted octanol–water partition coefficient (Wildman–Crippen LogP) is 3.33. The molecular formula is C16H17N3OS. The van der Waals surface area contributed by atoms with Gasteiger partial charge in [0.1, 0.15) is 4.99 Å². The first-order chi connectivity index (χ1) is 9.95. The van der Waals surface area contributed by atoms with Gasteiger partial charge in [0.2, 0.25) is 5.91 Å². The van der Waals surface area contributed by atoms with Crippen molar-refractivity contribution < 1.29 is 4.79 Å². The number of amides is 1. The first-order valence-electron chi connectivity index (χ1n) is 6.51. The lowest BCUT2D eigenvalue weighted by atomic mass is 10.1. The van der Waals surface area contributed by atoms with Crippen LogP contribution in [0.25, 0.3) is 0 Å². The Balaban J connectivity index is 2.31. The molecule has 0 unspecified atom stereocenters. The van der Waals surface area contributed by atoms with Crippen molar-refractivity contribution in [2.24, 2.45) is 5.73 Å². The van der Waals surface area contributed by atoms with Gasteiger partial charge in [0.25, 0.3) is 0 Å². The lowest BCUT2D eigenvalue weighted by molar-refractivity contribution is -0.114. The van der Waals surface area contributed by atoms with Crippen LogP contribution < -0.4 is 16.4 Å². The van der Waals surface area contributed by atoms with E-state index in [1.54, 1.807) is 0 Å². The molecule has 0 bridgehead atoms. The number of carbonyl (C=O) groups is 1. The second-order valence-electron chi connectivity index (χ2n) is 4.80. The van der Waals surface area contributed by atoms with E-state index in [0.717, 1.165) is 28.2 Å².